The second-order valence-electron chi connectivity index (χ2n) is 5.63. The van der Waals surface area contributed by atoms with Gasteiger partial charge in [-0.1, -0.05) is 37.3 Å². The van der Waals surface area contributed by atoms with Gasteiger partial charge in [0.1, 0.15) is 5.82 Å². The first-order chi connectivity index (χ1) is 10.7. The van der Waals surface area contributed by atoms with Crippen molar-refractivity contribution in [1.29, 1.82) is 0 Å². The molecule has 3 aromatic rings. The van der Waals surface area contributed by atoms with Crippen LogP contribution in [0.3, 0.4) is 0 Å². The first kappa shape index (κ1) is 14.4. The van der Waals surface area contributed by atoms with Gasteiger partial charge in [-0.2, -0.15) is 0 Å². The predicted molar refractivity (Wildman–Crippen MR) is 95.0 cm³/mol. The van der Waals surface area contributed by atoms with E-state index in [2.05, 4.69) is 48.4 Å². The second-order valence-corrected chi connectivity index (χ2v) is 5.63. The third-order valence-corrected chi connectivity index (χ3v) is 4.04. The molecule has 0 saturated heterocycles. The van der Waals surface area contributed by atoms with E-state index in [4.69, 9.17) is 5.73 Å². The van der Waals surface area contributed by atoms with Gasteiger partial charge in [0.2, 0.25) is 0 Å². The molecule has 0 aliphatic heterocycles. The molecule has 1 aromatic heterocycles. The van der Waals surface area contributed by atoms with E-state index < -0.39 is 0 Å². The number of pyridine rings is 1. The topological polar surface area (TPSA) is 50.9 Å². The smallest absolute Gasteiger partial charge is 0.126 e. The summed E-state index contributed by atoms with van der Waals surface area (Å²) in [7, 11) is 0. The van der Waals surface area contributed by atoms with Gasteiger partial charge in [0.15, 0.2) is 0 Å². The van der Waals surface area contributed by atoms with Crippen LogP contribution in [-0.2, 0) is 0 Å². The van der Waals surface area contributed by atoms with E-state index in [1.165, 1.54) is 0 Å². The summed E-state index contributed by atoms with van der Waals surface area (Å²) >= 11 is 0. The van der Waals surface area contributed by atoms with Crippen molar-refractivity contribution in [2.45, 2.75) is 26.3 Å². The third kappa shape index (κ3) is 2.75. The zero-order valence-corrected chi connectivity index (χ0v) is 13.0. The van der Waals surface area contributed by atoms with Crippen LogP contribution in [0.5, 0.6) is 0 Å². The molecule has 1 unspecified atom stereocenters. The molecule has 3 rings (SSSR count). The van der Waals surface area contributed by atoms with Gasteiger partial charge in [-0.3, -0.25) is 0 Å². The van der Waals surface area contributed by atoms with Crippen LogP contribution >= 0.6 is 0 Å². The van der Waals surface area contributed by atoms with Crippen molar-refractivity contribution in [3.63, 3.8) is 0 Å². The number of fused-ring (bicyclic) bond motifs is 1. The average molecular weight is 291 g/mol. The van der Waals surface area contributed by atoms with Gasteiger partial charge in [0, 0.05) is 28.9 Å². The monoisotopic (exact) mass is 291 g/mol. The summed E-state index contributed by atoms with van der Waals surface area (Å²) in [6.07, 6.45) is 2.99. The Hall–Kier alpha value is -2.55. The van der Waals surface area contributed by atoms with Crippen molar-refractivity contribution < 1.29 is 0 Å². The summed E-state index contributed by atoms with van der Waals surface area (Å²) in [5.74, 6) is 0.915. The number of nitrogens with one attached hydrogen (secondary N) is 1. The van der Waals surface area contributed by atoms with E-state index in [-0.39, 0.29) is 0 Å². The Balaban J connectivity index is 2.00. The van der Waals surface area contributed by atoms with E-state index in [9.17, 15) is 0 Å². The molecule has 0 bridgehead atoms. The normalized spacial score (nSPS) is 12.3. The van der Waals surface area contributed by atoms with Gasteiger partial charge in [0.25, 0.3) is 0 Å². The largest absolute Gasteiger partial charge is 0.398 e. The molecule has 0 saturated carbocycles. The Bertz CT molecular complexity index is 778. The van der Waals surface area contributed by atoms with Crippen molar-refractivity contribution in [3.8, 4) is 11.1 Å². The Morgan fingerprint density at radius 3 is 2.50 bits per heavy atom. The molecular weight excluding hydrogens is 270 g/mol. The molecule has 1 atom stereocenters. The number of benzene rings is 2. The molecule has 3 N–H and O–H groups in total. The van der Waals surface area contributed by atoms with Gasteiger partial charge in [-0.25, -0.2) is 4.98 Å². The number of anilines is 2. The Morgan fingerprint density at radius 2 is 1.82 bits per heavy atom. The third-order valence-electron chi connectivity index (χ3n) is 4.04. The minimum atomic E-state index is 0.427. The number of hydrogen-bond donors (Lipinski definition) is 2. The van der Waals surface area contributed by atoms with Crippen molar-refractivity contribution in [1.82, 2.24) is 4.98 Å². The lowest BCUT2D eigenvalue weighted by Crippen LogP contribution is -2.14. The quantitative estimate of drug-likeness (QED) is 0.685. The molecule has 3 heteroatoms. The lowest BCUT2D eigenvalue weighted by atomic mass is 9.98. The number of nitrogens with two attached hydrogens (primary N) is 1. The van der Waals surface area contributed by atoms with Crippen molar-refractivity contribution in [2.24, 2.45) is 0 Å². The van der Waals surface area contributed by atoms with Crippen molar-refractivity contribution >= 4 is 22.3 Å². The van der Waals surface area contributed by atoms with Crippen molar-refractivity contribution in [3.05, 3.63) is 54.7 Å². The number of rotatable bonds is 4. The van der Waals surface area contributed by atoms with Crippen LogP contribution in [-0.4, -0.2) is 11.0 Å². The van der Waals surface area contributed by atoms with E-state index in [0.29, 0.717) is 6.04 Å². The molecule has 0 radical (unpaired) electrons. The van der Waals surface area contributed by atoms with Crippen LogP contribution in [0.15, 0.2) is 54.7 Å². The van der Waals surface area contributed by atoms with E-state index >= 15 is 0 Å². The molecule has 112 valence electrons. The van der Waals surface area contributed by atoms with E-state index in [1.807, 2.05) is 30.5 Å². The fourth-order valence-corrected chi connectivity index (χ4v) is 2.57. The van der Waals surface area contributed by atoms with Gasteiger partial charge < -0.3 is 11.1 Å². The van der Waals surface area contributed by atoms with Gasteiger partial charge in [-0.15, -0.1) is 0 Å². The second kappa shape index (κ2) is 6.06. The Labute approximate surface area is 131 Å². The highest BCUT2D eigenvalue weighted by Crippen LogP contribution is 2.31. The highest BCUT2D eigenvalue weighted by Gasteiger charge is 2.07. The summed E-state index contributed by atoms with van der Waals surface area (Å²) in [4.78, 5) is 4.53. The van der Waals surface area contributed by atoms with Crippen LogP contribution in [0.25, 0.3) is 21.9 Å². The first-order valence-electron chi connectivity index (χ1n) is 7.69. The summed E-state index contributed by atoms with van der Waals surface area (Å²) in [5.41, 5.74) is 9.14. The molecule has 1 heterocycles. The molecular formula is C19H21N3. The van der Waals surface area contributed by atoms with Gasteiger partial charge in [-0.05, 0) is 42.5 Å². The molecule has 0 spiro atoms. The van der Waals surface area contributed by atoms with Gasteiger partial charge in [0.05, 0.1) is 0 Å². The molecule has 3 nitrogen and oxygen atoms in total. The summed E-state index contributed by atoms with van der Waals surface area (Å²) < 4.78 is 0. The maximum Gasteiger partial charge on any atom is 0.126 e. The lowest BCUT2D eigenvalue weighted by Gasteiger charge is -2.13. The van der Waals surface area contributed by atoms with Crippen LogP contribution in [0.4, 0.5) is 11.5 Å². The maximum absolute atomic E-state index is 6.07. The van der Waals surface area contributed by atoms with Gasteiger partial charge >= 0.3 is 0 Å². The first-order valence-corrected chi connectivity index (χ1v) is 7.69. The summed E-state index contributed by atoms with van der Waals surface area (Å²) in [5, 5.41) is 5.63. The Morgan fingerprint density at radius 1 is 1.05 bits per heavy atom. The number of nitrogen functional groups attached to an aromatic ring is 1. The maximum atomic E-state index is 6.07. The fourth-order valence-electron chi connectivity index (χ4n) is 2.57. The predicted octanol–water partition coefficient (Wildman–Crippen LogP) is 4.69. The van der Waals surface area contributed by atoms with Crippen LogP contribution < -0.4 is 11.1 Å². The Kier molecular flexibility index (Phi) is 3.96. The van der Waals surface area contributed by atoms with Crippen LogP contribution in [0, 0.1) is 0 Å². The molecule has 22 heavy (non-hydrogen) atoms. The van der Waals surface area contributed by atoms with E-state index in [0.717, 1.165) is 39.8 Å². The summed E-state index contributed by atoms with van der Waals surface area (Å²) in [6, 6.07) is 16.8. The highest BCUT2D eigenvalue weighted by atomic mass is 15.0. The van der Waals surface area contributed by atoms with Crippen molar-refractivity contribution in [2.75, 3.05) is 11.1 Å². The SMILES string of the molecule is CCC(C)Nc1ccc(-c2ccc(N)c3ccccc23)cn1. The number of hydrogen-bond acceptors (Lipinski definition) is 3. The summed E-state index contributed by atoms with van der Waals surface area (Å²) in [6.45, 7) is 4.32. The molecule has 0 fully saturated rings. The number of nitrogens with zero attached hydrogens (tertiary/aromatic N) is 1. The zero-order chi connectivity index (χ0) is 15.5. The zero-order valence-electron chi connectivity index (χ0n) is 13.0. The fraction of sp³-hybridized carbons (Fsp3) is 0.211. The molecule has 0 aliphatic rings. The number of aromatic nitrogens is 1. The van der Waals surface area contributed by atoms with Crippen LogP contribution in [0.1, 0.15) is 20.3 Å². The minimum absolute atomic E-state index is 0.427. The highest BCUT2D eigenvalue weighted by molar-refractivity contribution is 6.02. The minimum Gasteiger partial charge on any atom is -0.398 e. The molecule has 0 aliphatic carbocycles. The van der Waals surface area contributed by atoms with E-state index in [1.54, 1.807) is 0 Å². The van der Waals surface area contributed by atoms with Crippen LogP contribution in [0.2, 0.25) is 0 Å². The lowest BCUT2D eigenvalue weighted by molar-refractivity contribution is 0.759. The standard InChI is InChI=1S/C19H21N3/c1-3-13(2)22-19-11-8-14(12-21-19)15-9-10-18(20)17-7-5-4-6-16(15)17/h4-13H,3,20H2,1-2H3,(H,21,22). The molecule has 2 aromatic carbocycles. The molecule has 0 amide bonds. The average Bonchev–Trinajstić information content (AvgIpc) is 2.56.